The average Bonchev–Trinajstić information content (AvgIpc) is 3.06. The molecule has 2 aromatic heterocycles. The summed E-state index contributed by atoms with van der Waals surface area (Å²) in [7, 11) is 2.03. The Hall–Kier alpha value is -1.53. The monoisotopic (exact) mass is 339 g/mol. The maximum Gasteiger partial charge on any atom is 0.194 e. The summed E-state index contributed by atoms with van der Waals surface area (Å²) in [6, 6.07) is 3.99. The third-order valence-corrected chi connectivity index (χ3v) is 4.29. The standard InChI is InChI=1S/C15H22ClN5S/c1-4-17-15(18-7-8-21-10-12(2)9-19-21)20(3)11-13-5-6-14(16)22-13/h5-6,9-10H,4,7-8,11H2,1-3H3,(H,17,18). The summed E-state index contributed by atoms with van der Waals surface area (Å²) in [6.07, 6.45) is 3.89. The molecule has 2 heterocycles. The summed E-state index contributed by atoms with van der Waals surface area (Å²) >= 11 is 7.58. The molecule has 120 valence electrons. The Kier molecular flexibility index (Phi) is 6.27. The van der Waals surface area contributed by atoms with Gasteiger partial charge in [-0.2, -0.15) is 5.10 Å². The lowest BCUT2D eigenvalue weighted by Gasteiger charge is -2.21. The van der Waals surface area contributed by atoms with Crippen LogP contribution in [0.5, 0.6) is 0 Å². The number of hydrogen-bond acceptors (Lipinski definition) is 3. The van der Waals surface area contributed by atoms with Gasteiger partial charge in [0.25, 0.3) is 0 Å². The molecule has 5 nitrogen and oxygen atoms in total. The molecule has 0 fully saturated rings. The molecule has 0 aliphatic rings. The van der Waals surface area contributed by atoms with E-state index in [0.717, 1.165) is 29.9 Å². The molecule has 1 N–H and O–H groups in total. The lowest BCUT2D eigenvalue weighted by Crippen LogP contribution is -2.38. The minimum absolute atomic E-state index is 0.693. The Morgan fingerprint density at radius 2 is 2.32 bits per heavy atom. The van der Waals surface area contributed by atoms with Gasteiger partial charge in [-0.05, 0) is 31.5 Å². The van der Waals surface area contributed by atoms with Crippen LogP contribution in [0.1, 0.15) is 17.4 Å². The lowest BCUT2D eigenvalue weighted by atomic mass is 10.4. The third kappa shape index (κ3) is 5.03. The Balaban J connectivity index is 1.93. The fourth-order valence-corrected chi connectivity index (χ4v) is 3.20. The van der Waals surface area contributed by atoms with E-state index >= 15 is 0 Å². The van der Waals surface area contributed by atoms with E-state index in [1.54, 1.807) is 11.3 Å². The zero-order valence-electron chi connectivity index (χ0n) is 13.2. The molecule has 0 saturated carbocycles. The number of nitrogens with zero attached hydrogens (tertiary/aromatic N) is 4. The molecule has 0 aromatic carbocycles. The maximum absolute atomic E-state index is 5.98. The number of halogens is 1. The van der Waals surface area contributed by atoms with Crippen molar-refractivity contribution in [1.82, 2.24) is 20.0 Å². The molecule has 0 radical (unpaired) electrons. The first-order chi connectivity index (χ1) is 10.6. The van der Waals surface area contributed by atoms with Gasteiger partial charge < -0.3 is 10.2 Å². The van der Waals surface area contributed by atoms with E-state index in [0.29, 0.717) is 6.54 Å². The lowest BCUT2D eigenvalue weighted by molar-refractivity contribution is 0.479. The second-order valence-corrected chi connectivity index (χ2v) is 6.88. The van der Waals surface area contributed by atoms with Crippen molar-refractivity contribution in [2.75, 3.05) is 20.1 Å². The number of aryl methyl sites for hydroxylation is 1. The largest absolute Gasteiger partial charge is 0.357 e. The number of thiophene rings is 1. The van der Waals surface area contributed by atoms with Gasteiger partial charge in [0.2, 0.25) is 0 Å². The van der Waals surface area contributed by atoms with E-state index in [-0.39, 0.29) is 0 Å². The smallest absolute Gasteiger partial charge is 0.194 e. The van der Waals surface area contributed by atoms with Gasteiger partial charge in [-0.1, -0.05) is 11.6 Å². The van der Waals surface area contributed by atoms with E-state index in [4.69, 9.17) is 11.6 Å². The molecule has 0 spiro atoms. The molecule has 22 heavy (non-hydrogen) atoms. The minimum atomic E-state index is 0.693. The molecule has 0 amide bonds. The Morgan fingerprint density at radius 3 is 2.91 bits per heavy atom. The highest BCUT2D eigenvalue weighted by molar-refractivity contribution is 7.16. The zero-order valence-corrected chi connectivity index (χ0v) is 14.8. The van der Waals surface area contributed by atoms with E-state index in [1.165, 1.54) is 10.4 Å². The summed E-state index contributed by atoms with van der Waals surface area (Å²) in [5.74, 6) is 0.899. The predicted molar refractivity (Wildman–Crippen MR) is 93.7 cm³/mol. The average molecular weight is 340 g/mol. The normalized spacial score (nSPS) is 11.7. The van der Waals surface area contributed by atoms with Crippen molar-refractivity contribution in [2.45, 2.75) is 26.9 Å². The highest BCUT2D eigenvalue weighted by Crippen LogP contribution is 2.22. The highest BCUT2D eigenvalue weighted by atomic mass is 35.5. The topological polar surface area (TPSA) is 45.5 Å². The molecule has 0 aliphatic carbocycles. The fourth-order valence-electron chi connectivity index (χ4n) is 2.06. The van der Waals surface area contributed by atoms with Crippen LogP contribution in [0.3, 0.4) is 0 Å². The first kappa shape index (κ1) is 16.8. The molecule has 2 aromatic rings. The first-order valence-electron chi connectivity index (χ1n) is 7.31. The SMILES string of the molecule is CCNC(=NCCn1cc(C)cn1)N(C)Cc1ccc(Cl)s1. The van der Waals surface area contributed by atoms with Crippen molar-refractivity contribution in [3.8, 4) is 0 Å². The number of aromatic nitrogens is 2. The summed E-state index contributed by atoms with van der Waals surface area (Å²) in [5.41, 5.74) is 1.17. The van der Waals surface area contributed by atoms with Crippen LogP contribution in [0.15, 0.2) is 29.5 Å². The Labute approximate surface area is 140 Å². The highest BCUT2D eigenvalue weighted by Gasteiger charge is 2.08. The number of aliphatic imine (C=N–C) groups is 1. The number of rotatable bonds is 6. The van der Waals surface area contributed by atoms with Crippen LogP contribution < -0.4 is 5.32 Å². The van der Waals surface area contributed by atoms with Crippen LogP contribution in [-0.4, -0.2) is 40.8 Å². The molecule has 0 unspecified atom stereocenters. The quantitative estimate of drug-likeness (QED) is 0.650. The zero-order chi connectivity index (χ0) is 15.9. The van der Waals surface area contributed by atoms with E-state index in [2.05, 4.69) is 33.3 Å². The van der Waals surface area contributed by atoms with Crippen LogP contribution >= 0.6 is 22.9 Å². The van der Waals surface area contributed by atoms with E-state index in [9.17, 15) is 0 Å². The molecule has 0 bridgehead atoms. The summed E-state index contributed by atoms with van der Waals surface area (Å²) < 4.78 is 2.74. The van der Waals surface area contributed by atoms with Crippen molar-refractivity contribution in [3.63, 3.8) is 0 Å². The molecule has 0 atom stereocenters. The Morgan fingerprint density at radius 1 is 1.50 bits per heavy atom. The molecule has 2 rings (SSSR count). The van der Waals surface area contributed by atoms with Crippen LogP contribution in [-0.2, 0) is 13.1 Å². The van der Waals surface area contributed by atoms with Gasteiger partial charge in [-0.3, -0.25) is 9.67 Å². The molecular weight excluding hydrogens is 318 g/mol. The number of hydrogen-bond donors (Lipinski definition) is 1. The molecule has 0 aliphatic heterocycles. The van der Waals surface area contributed by atoms with Gasteiger partial charge in [-0.25, -0.2) is 0 Å². The van der Waals surface area contributed by atoms with E-state index in [1.807, 2.05) is 37.1 Å². The molecule has 0 saturated heterocycles. The summed E-state index contributed by atoms with van der Waals surface area (Å²) in [6.45, 7) is 7.22. The van der Waals surface area contributed by atoms with Gasteiger partial charge in [0.15, 0.2) is 5.96 Å². The fraction of sp³-hybridized carbons (Fsp3) is 0.467. The summed E-state index contributed by atoms with van der Waals surface area (Å²) in [4.78, 5) is 8.00. The summed E-state index contributed by atoms with van der Waals surface area (Å²) in [5, 5.41) is 7.59. The van der Waals surface area contributed by atoms with Gasteiger partial charge >= 0.3 is 0 Å². The Bertz CT molecular complexity index is 619. The second-order valence-electron chi connectivity index (χ2n) is 5.08. The van der Waals surface area contributed by atoms with Crippen molar-refractivity contribution < 1.29 is 0 Å². The van der Waals surface area contributed by atoms with Crippen LogP contribution in [0.25, 0.3) is 0 Å². The van der Waals surface area contributed by atoms with Crippen molar-refractivity contribution in [2.24, 2.45) is 4.99 Å². The van der Waals surface area contributed by atoms with Crippen LogP contribution in [0.2, 0.25) is 4.34 Å². The van der Waals surface area contributed by atoms with Crippen molar-refractivity contribution in [1.29, 1.82) is 0 Å². The predicted octanol–water partition coefficient (Wildman–Crippen LogP) is 3.00. The van der Waals surface area contributed by atoms with Crippen molar-refractivity contribution in [3.05, 3.63) is 39.3 Å². The number of nitrogens with one attached hydrogen (secondary N) is 1. The van der Waals surface area contributed by atoms with E-state index < -0.39 is 0 Å². The van der Waals surface area contributed by atoms with Crippen LogP contribution in [0.4, 0.5) is 0 Å². The van der Waals surface area contributed by atoms with Gasteiger partial charge in [-0.15, -0.1) is 11.3 Å². The minimum Gasteiger partial charge on any atom is -0.357 e. The van der Waals surface area contributed by atoms with Crippen molar-refractivity contribution >= 4 is 28.9 Å². The third-order valence-electron chi connectivity index (χ3n) is 3.07. The first-order valence-corrected chi connectivity index (χ1v) is 8.50. The molecule has 7 heteroatoms. The van der Waals surface area contributed by atoms with Gasteiger partial charge in [0.1, 0.15) is 0 Å². The van der Waals surface area contributed by atoms with Gasteiger partial charge in [0.05, 0.1) is 30.2 Å². The molecular formula is C15H22ClN5S. The van der Waals surface area contributed by atoms with Crippen LogP contribution in [0, 0.1) is 6.92 Å². The number of guanidine groups is 1. The second kappa shape index (κ2) is 8.19. The maximum atomic E-state index is 5.98. The van der Waals surface area contributed by atoms with Gasteiger partial charge in [0, 0.05) is 24.7 Å².